The molecule has 1 heterocycles. The first-order chi connectivity index (χ1) is 15.2. The van der Waals surface area contributed by atoms with Gasteiger partial charge >= 0.3 is 0 Å². The van der Waals surface area contributed by atoms with E-state index in [1.165, 1.54) is 63.4 Å². The van der Waals surface area contributed by atoms with E-state index in [1.54, 1.807) is 0 Å². The molecule has 0 aliphatic heterocycles. The van der Waals surface area contributed by atoms with Crippen molar-refractivity contribution in [3.05, 3.63) is 42.2 Å². The number of rotatable bonds is 17. The van der Waals surface area contributed by atoms with Gasteiger partial charge < -0.3 is 4.74 Å². The van der Waals surface area contributed by atoms with Crippen LogP contribution < -0.4 is 4.74 Å². The van der Waals surface area contributed by atoms with Gasteiger partial charge in [-0.1, -0.05) is 71.6 Å². The van der Waals surface area contributed by atoms with Gasteiger partial charge in [-0.25, -0.2) is 14.4 Å². The number of hydrogen-bond acceptors (Lipinski definition) is 3. The summed E-state index contributed by atoms with van der Waals surface area (Å²) in [5, 5.41) is 0. The fourth-order valence-electron chi connectivity index (χ4n) is 3.74. The van der Waals surface area contributed by atoms with Crippen LogP contribution in [0.3, 0.4) is 0 Å². The molecular formula is C27H41FN2O. The second kappa shape index (κ2) is 15.8. The molecule has 1 unspecified atom stereocenters. The Balaban J connectivity index is 1.65. The van der Waals surface area contributed by atoms with Crippen molar-refractivity contribution in [2.45, 2.75) is 103 Å². The second-order valence-corrected chi connectivity index (χ2v) is 8.54. The zero-order valence-corrected chi connectivity index (χ0v) is 19.6. The monoisotopic (exact) mass is 428 g/mol. The van der Waals surface area contributed by atoms with E-state index in [0.717, 1.165) is 30.0 Å². The van der Waals surface area contributed by atoms with E-state index in [-0.39, 0.29) is 0 Å². The molecule has 0 fully saturated rings. The first-order valence-corrected chi connectivity index (χ1v) is 12.4. The summed E-state index contributed by atoms with van der Waals surface area (Å²) < 4.78 is 19.2. The SMILES string of the molecule is CCCCCCCCCCCc1cnc(-c2ccc(OCCC(F)CCC)cc2)nc1. The smallest absolute Gasteiger partial charge is 0.159 e. The molecule has 2 aromatic rings. The first-order valence-electron chi connectivity index (χ1n) is 12.4. The van der Waals surface area contributed by atoms with Crippen LogP contribution in [0.25, 0.3) is 11.4 Å². The van der Waals surface area contributed by atoms with Gasteiger partial charge in [0.05, 0.1) is 6.61 Å². The molecule has 0 saturated heterocycles. The van der Waals surface area contributed by atoms with Gasteiger partial charge in [0.2, 0.25) is 0 Å². The highest BCUT2D eigenvalue weighted by Gasteiger charge is 2.06. The minimum atomic E-state index is -0.772. The number of nitrogens with zero attached hydrogens (tertiary/aromatic N) is 2. The van der Waals surface area contributed by atoms with Crippen molar-refractivity contribution in [2.24, 2.45) is 0 Å². The molecule has 31 heavy (non-hydrogen) atoms. The Morgan fingerprint density at radius 3 is 2.00 bits per heavy atom. The number of ether oxygens (including phenoxy) is 1. The summed E-state index contributed by atoms with van der Waals surface area (Å²) in [6, 6.07) is 7.73. The van der Waals surface area contributed by atoms with E-state index >= 15 is 0 Å². The fraction of sp³-hybridized carbons (Fsp3) is 0.630. The lowest BCUT2D eigenvalue weighted by molar-refractivity contribution is 0.225. The van der Waals surface area contributed by atoms with E-state index in [9.17, 15) is 4.39 Å². The highest BCUT2D eigenvalue weighted by molar-refractivity contribution is 5.55. The third-order valence-corrected chi connectivity index (χ3v) is 5.69. The van der Waals surface area contributed by atoms with Crippen LogP contribution in [0.2, 0.25) is 0 Å². The molecule has 2 rings (SSSR count). The molecule has 0 radical (unpaired) electrons. The van der Waals surface area contributed by atoms with Crippen LogP contribution in [0.5, 0.6) is 5.75 Å². The molecule has 3 nitrogen and oxygen atoms in total. The van der Waals surface area contributed by atoms with E-state index < -0.39 is 6.17 Å². The van der Waals surface area contributed by atoms with Gasteiger partial charge in [0, 0.05) is 24.4 Å². The van der Waals surface area contributed by atoms with Crippen LogP contribution in [-0.2, 0) is 6.42 Å². The number of hydrogen-bond donors (Lipinski definition) is 0. The highest BCUT2D eigenvalue weighted by Crippen LogP contribution is 2.20. The molecule has 172 valence electrons. The largest absolute Gasteiger partial charge is 0.493 e. The standard InChI is InChI=1S/C27H41FN2O/c1-3-5-6-7-8-9-10-11-12-14-23-21-29-27(30-22-23)24-15-17-26(18-16-24)31-20-19-25(28)13-4-2/h15-18,21-22,25H,3-14,19-20H2,1-2H3. The predicted octanol–water partition coefficient (Wildman–Crippen LogP) is 8.12. The number of aromatic nitrogens is 2. The summed E-state index contributed by atoms with van der Waals surface area (Å²) in [6.45, 7) is 4.67. The molecule has 0 amide bonds. The highest BCUT2D eigenvalue weighted by atomic mass is 19.1. The number of benzene rings is 1. The molecule has 0 aliphatic carbocycles. The molecule has 1 aromatic carbocycles. The number of alkyl halides is 1. The molecule has 0 N–H and O–H groups in total. The lowest BCUT2D eigenvalue weighted by atomic mass is 10.1. The maximum Gasteiger partial charge on any atom is 0.159 e. The van der Waals surface area contributed by atoms with Crippen molar-refractivity contribution in [1.82, 2.24) is 9.97 Å². The number of unbranched alkanes of at least 4 members (excludes halogenated alkanes) is 8. The molecule has 1 aromatic heterocycles. The Labute approximate surface area is 188 Å². The molecule has 0 saturated carbocycles. The van der Waals surface area contributed by atoms with Crippen molar-refractivity contribution >= 4 is 0 Å². The third-order valence-electron chi connectivity index (χ3n) is 5.69. The normalized spacial score (nSPS) is 12.1. The van der Waals surface area contributed by atoms with Crippen molar-refractivity contribution in [3.63, 3.8) is 0 Å². The Kier molecular flexibility index (Phi) is 12.9. The molecular weight excluding hydrogens is 387 g/mol. The minimum Gasteiger partial charge on any atom is -0.493 e. The number of halogens is 1. The third kappa shape index (κ3) is 10.8. The van der Waals surface area contributed by atoms with E-state index in [0.29, 0.717) is 19.4 Å². The molecule has 4 heteroatoms. The topological polar surface area (TPSA) is 35.0 Å². The van der Waals surface area contributed by atoms with Crippen molar-refractivity contribution in [3.8, 4) is 17.1 Å². The van der Waals surface area contributed by atoms with Gasteiger partial charge in [0.25, 0.3) is 0 Å². The Morgan fingerprint density at radius 1 is 0.774 bits per heavy atom. The van der Waals surface area contributed by atoms with Gasteiger partial charge in [0.1, 0.15) is 11.9 Å². The Hall–Kier alpha value is -1.97. The van der Waals surface area contributed by atoms with Crippen LogP contribution in [0.15, 0.2) is 36.7 Å². The quantitative estimate of drug-likeness (QED) is 0.239. The zero-order chi connectivity index (χ0) is 22.2. The van der Waals surface area contributed by atoms with E-state index in [1.807, 2.05) is 43.6 Å². The summed E-state index contributed by atoms with van der Waals surface area (Å²) >= 11 is 0. The summed E-state index contributed by atoms with van der Waals surface area (Å²) in [5.74, 6) is 1.49. The van der Waals surface area contributed by atoms with Crippen molar-refractivity contribution in [1.29, 1.82) is 0 Å². The fourth-order valence-corrected chi connectivity index (χ4v) is 3.74. The average molecular weight is 429 g/mol. The molecule has 1 atom stereocenters. The molecule has 0 spiro atoms. The average Bonchev–Trinajstić information content (AvgIpc) is 2.79. The minimum absolute atomic E-state index is 0.407. The lowest BCUT2D eigenvalue weighted by Crippen LogP contribution is -2.07. The Morgan fingerprint density at radius 2 is 1.39 bits per heavy atom. The summed E-state index contributed by atoms with van der Waals surface area (Å²) in [7, 11) is 0. The van der Waals surface area contributed by atoms with Crippen LogP contribution in [0, 0.1) is 0 Å². The van der Waals surface area contributed by atoms with Crippen LogP contribution in [0.1, 0.15) is 96.5 Å². The van der Waals surface area contributed by atoms with Crippen molar-refractivity contribution in [2.75, 3.05) is 6.61 Å². The van der Waals surface area contributed by atoms with Gasteiger partial charge in [0.15, 0.2) is 5.82 Å². The van der Waals surface area contributed by atoms with Crippen LogP contribution in [-0.4, -0.2) is 22.7 Å². The Bertz CT molecular complexity index is 687. The van der Waals surface area contributed by atoms with Crippen LogP contribution in [0.4, 0.5) is 4.39 Å². The zero-order valence-electron chi connectivity index (χ0n) is 19.6. The maximum absolute atomic E-state index is 13.5. The first kappa shape index (κ1) is 25.3. The van der Waals surface area contributed by atoms with E-state index in [2.05, 4.69) is 16.9 Å². The molecule has 0 bridgehead atoms. The second-order valence-electron chi connectivity index (χ2n) is 8.54. The van der Waals surface area contributed by atoms with Crippen LogP contribution >= 0.6 is 0 Å². The predicted molar refractivity (Wildman–Crippen MR) is 128 cm³/mol. The number of aryl methyl sites for hydroxylation is 1. The van der Waals surface area contributed by atoms with Gasteiger partial charge in [-0.3, -0.25) is 0 Å². The maximum atomic E-state index is 13.5. The van der Waals surface area contributed by atoms with Gasteiger partial charge in [-0.2, -0.15) is 0 Å². The molecule has 0 aliphatic rings. The summed E-state index contributed by atoms with van der Waals surface area (Å²) in [6.07, 6.45) is 18.2. The van der Waals surface area contributed by atoms with Gasteiger partial charge in [-0.15, -0.1) is 0 Å². The summed E-state index contributed by atoms with van der Waals surface area (Å²) in [5.41, 5.74) is 2.18. The van der Waals surface area contributed by atoms with Crippen molar-refractivity contribution < 1.29 is 9.13 Å². The van der Waals surface area contributed by atoms with Gasteiger partial charge in [-0.05, 0) is 49.1 Å². The van der Waals surface area contributed by atoms with E-state index in [4.69, 9.17) is 4.74 Å². The summed E-state index contributed by atoms with van der Waals surface area (Å²) in [4.78, 5) is 9.08. The lowest BCUT2D eigenvalue weighted by Gasteiger charge is -2.09.